The second-order valence-electron chi connectivity index (χ2n) is 5.56. The van der Waals surface area contributed by atoms with E-state index in [1.54, 1.807) is 19.9 Å². The number of nitrogens with one attached hydrogen (secondary N) is 2. The molecule has 0 aliphatic heterocycles. The van der Waals surface area contributed by atoms with Crippen molar-refractivity contribution in [2.45, 2.75) is 32.5 Å². The number of aryl methyl sites for hydroxylation is 2. The summed E-state index contributed by atoms with van der Waals surface area (Å²) >= 11 is 0. The molecular formula is C16H19F3N4O. The van der Waals surface area contributed by atoms with Crippen LogP contribution in [0.3, 0.4) is 0 Å². The molecule has 1 aromatic carbocycles. The summed E-state index contributed by atoms with van der Waals surface area (Å²) in [6.45, 7) is 3.71. The van der Waals surface area contributed by atoms with E-state index < -0.39 is 23.7 Å². The normalized spacial score (nSPS) is 12.9. The Morgan fingerprint density at radius 3 is 2.67 bits per heavy atom. The second kappa shape index (κ2) is 7.04. The Morgan fingerprint density at radius 1 is 1.38 bits per heavy atom. The second-order valence-corrected chi connectivity index (χ2v) is 5.56. The summed E-state index contributed by atoms with van der Waals surface area (Å²) in [7, 11) is 0. The van der Waals surface area contributed by atoms with E-state index in [0.29, 0.717) is 22.5 Å². The van der Waals surface area contributed by atoms with Crippen molar-refractivity contribution in [2.75, 3.05) is 6.54 Å². The number of aromatic amines is 1. The molecular weight excluding hydrogens is 321 g/mol. The smallest absolute Gasteiger partial charge is 0.354 e. The quantitative estimate of drug-likeness (QED) is 0.781. The Labute approximate surface area is 137 Å². The van der Waals surface area contributed by atoms with E-state index in [1.165, 1.54) is 6.07 Å². The molecule has 4 N–H and O–H groups in total. The van der Waals surface area contributed by atoms with E-state index >= 15 is 0 Å². The van der Waals surface area contributed by atoms with E-state index in [0.717, 1.165) is 12.1 Å². The number of nitrogens with two attached hydrogens (primary N) is 1. The largest absolute Gasteiger partial charge is 0.416 e. The first-order valence-electron chi connectivity index (χ1n) is 7.41. The molecule has 0 radical (unpaired) electrons. The molecule has 1 aromatic heterocycles. The van der Waals surface area contributed by atoms with Crippen LogP contribution >= 0.6 is 0 Å². The zero-order valence-corrected chi connectivity index (χ0v) is 13.4. The number of hydrogen-bond acceptors (Lipinski definition) is 3. The molecule has 1 heterocycles. The van der Waals surface area contributed by atoms with Gasteiger partial charge >= 0.3 is 6.18 Å². The van der Waals surface area contributed by atoms with Gasteiger partial charge in [0.1, 0.15) is 6.04 Å². The number of carbonyl (C=O) groups is 1. The van der Waals surface area contributed by atoms with Crippen LogP contribution in [0.25, 0.3) is 0 Å². The summed E-state index contributed by atoms with van der Waals surface area (Å²) in [6, 6.07) is 4.17. The maximum absolute atomic E-state index is 12.7. The summed E-state index contributed by atoms with van der Waals surface area (Å²) in [5.41, 5.74) is 7.71. The number of benzene rings is 1. The van der Waals surface area contributed by atoms with Crippen LogP contribution < -0.4 is 11.1 Å². The molecule has 2 aromatic rings. The fourth-order valence-electron chi connectivity index (χ4n) is 2.49. The number of hydrogen-bond donors (Lipinski definition) is 3. The fourth-order valence-corrected chi connectivity index (χ4v) is 2.49. The van der Waals surface area contributed by atoms with E-state index in [1.807, 2.05) is 0 Å². The number of rotatable bonds is 5. The number of amides is 1. The van der Waals surface area contributed by atoms with Gasteiger partial charge in [0.05, 0.1) is 11.3 Å². The van der Waals surface area contributed by atoms with Crippen molar-refractivity contribution in [3.8, 4) is 0 Å². The minimum absolute atomic E-state index is 0.198. The molecule has 0 fully saturated rings. The third kappa shape index (κ3) is 4.14. The molecule has 0 saturated heterocycles. The third-order valence-corrected chi connectivity index (χ3v) is 3.75. The predicted octanol–water partition coefficient (Wildman–Crippen LogP) is 2.40. The molecule has 1 atom stereocenters. The number of aromatic nitrogens is 2. The molecule has 0 saturated carbocycles. The van der Waals surface area contributed by atoms with Crippen LogP contribution in [0.1, 0.15) is 34.1 Å². The number of halogens is 3. The van der Waals surface area contributed by atoms with Crippen LogP contribution in [0.15, 0.2) is 24.3 Å². The summed E-state index contributed by atoms with van der Waals surface area (Å²) < 4.78 is 38.0. The van der Waals surface area contributed by atoms with Gasteiger partial charge in [-0.15, -0.1) is 0 Å². The van der Waals surface area contributed by atoms with E-state index in [-0.39, 0.29) is 13.0 Å². The summed E-state index contributed by atoms with van der Waals surface area (Å²) in [4.78, 5) is 12.1. The van der Waals surface area contributed by atoms with Crippen LogP contribution in [0.2, 0.25) is 0 Å². The number of alkyl halides is 3. The monoisotopic (exact) mass is 340 g/mol. The zero-order valence-electron chi connectivity index (χ0n) is 13.4. The van der Waals surface area contributed by atoms with Crippen molar-refractivity contribution < 1.29 is 18.0 Å². The Bertz CT molecular complexity index is 705. The zero-order chi connectivity index (χ0) is 17.9. The maximum Gasteiger partial charge on any atom is 0.416 e. The highest BCUT2D eigenvalue weighted by Crippen LogP contribution is 2.29. The molecule has 2 rings (SSSR count). The molecule has 0 bridgehead atoms. The highest BCUT2D eigenvalue weighted by atomic mass is 19.4. The summed E-state index contributed by atoms with van der Waals surface area (Å²) in [5.74, 6) is -0.394. The average Bonchev–Trinajstić information content (AvgIpc) is 2.85. The van der Waals surface area contributed by atoms with E-state index in [4.69, 9.17) is 5.73 Å². The van der Waals surface area contributed by atoms with Gasteiger partial charge in [-0.25, -0.2) is 0 Å². The van der Waals surface area contributed by atoms with Gasteiger partial charge in [-0.05, 0) is 31.9 Å². The molecule has 0 unspecified atom stereocenters. The lowest BCUT2D eigenvalue weighted by atomic mass is 10.0. The minimum atomic E-state index is -4.38. The summed E-state index contributed by atoms with van der Waals surface area (Å²) in [6.07, 6.45) is -4.09. The van der Waals surface area contributed by atoms with E-state index in [2.05, 4.69) is 15.5 Å². The Hall–Kier alpha value is -2.35. The van der Waals surface area contributed by atoms with E-state index in [9.17, 15) is 18.0 Å². The van der Waals surface area contributed by atoms with Gasteiger partial charge in [0.2, 0.25) is 5.91 Å². The van der Waals surface area contributed by atoms with Crippen molar-refractivity contribution in [3.05, 3.63) is 52.3 Å². The fraction of sp³-hybridized carbons (Fsp3) is 0.375. The lowest BCUT2D eigenvalue weighted by molar-refractivity contribution is -0.137. The van der Waals surface area contributed by atoms with Crippen molar-refractivity contribution in [1.29, 1.82) is 0 Å². The first-order chi connectivity index (χ1) is 11.2. The molecule has 130 valence electrons. The number of nitrogens with zero attached hydrogens (tertiary/aromatic N) is 1. The lowest BCUT2D eigenvalue weighted by Gasteiger charge is -2.13. The van der Waals surface area contributed by atoms with Crippen molar-refractivity contribution in [2.24, 2.45) is 5.73 Å². The van der Waals surface area contributed by atoms with Gasteiger partial charge in [0, 0.05) is 17.8 Å². The highest BCUT2D eigenvalue weighted by Gasteiger charge is 2.30. The molecule has 1 amide bonds. The number of carbonyl (C=O) groups excluding carboxylic acids is 1. The lowest BCUT2D eigenvalue weighted by Crippen LogP contribution is -2.35. The average molecular weight is 340 g/mol. The van der Waals surface area contributed by atoms with Gasteiger partial charge in [-0.2, -0.15) is 18.3 Å². The van der Waals surface area contributed by atoms with Gasteiger partial charge in [-0.1, -0.05) is 18.2 Å². The molecule has 0 spiro atoms. The SMILES string of the molecule is Cc1n[nH]c(C)c1[C@H](N)C(=O)NCCc1cccc(C(F)(F)F)c1. The van der Waals surface area contributed by atoms with Crippen LogP contribution in [-0.4, -0.2) is 22.6 Å². The Kier molecular flexibility index (Phi) is 5.28. The van der Waals surface area contributed by atoms with Crippen LogP contribution in [0, 0.1) is 13.8 Å². The van der Waals surface area contributed by atoms with Gasteiger partial charge in [-0.3, -0.25) is 9.89 Å². The standard InChI is InChI=1S/C16H19F3N4O/c1-9-13(10(2)23-22-9)14(20)15(24)21-7-6-11-4-3-5-12(8-11)16(17,18)19/h3-5,8,14H,6-7,20H2,1-2H3,(H,21,24)(H,22,23)/t14-/m0/s1. The highest BCUT2D eigenvalue weighted by molar-refractivity contribution is 5.83. The number of H-pyrrole nitrogens is 1. The molecule has 8 heteroatoms. The minimum Gasteiger partial charge on any atom is -0.354 e. The molecule has 0 aliphatic carbocycles. The van der Waals surface area contributed by atoms with Crippen LogP contribution in [0.5, 0.6) is 0 Å². The van der Waals surface area contributed by atoms with Crippen LogP contribution in [0.4, 0.5) is 13.2 Å². The van der Waals surface area contributed by atoms with Gasteiger partial charge in [0.25, 0.3) is 0 Å². The Balaban J connectivity index is 1.94. The molecule has 24 heavy (non-hydrogen) atoms. The topological polar surface area (TPSA) is 83.8 Å². The van der Waals surface area contributed by atoms with Crippen molar-refractivity contribution in [3.63, 3.8) is 0 Å². The first kappa shape index (κ1) is 18.0. The van der Waals surface area contributed by atoms with Crippen molar-refractivity contribution in [1.82, 2.24) is 15.5 Å². The Morgan fingerprint density at radius 2 is 2.08 bits per heavy atom. The molecule has 0 aliphatic rings. The predicted molar refractivity (Wildman–Crippen MR) is 83.1 cm³/mol. The maximum atomic E-state index is 12.7. The van der Waals surface area contributed by atoms with Crippen molar-refractivity contribution >= 4 is 5.91 Å². The van der Waals surface area contributed by atoms with Gasteiger partial charge in [0.15, 0.2) is 0 Å². The van der Waals surface area contributed by atoms with Crippen LogP contribution in [-0.2, 0) is 17.4 Å². The summed E-state index contributed by atoms with van der Waals surface area (Å²) in [5, 5.41) is 9.39. The molecule has 5 nitrogen and oxygen atoms in total. The van der Waals surface area contributed by atoms with Gasteiger partial charge < -0.3 is 11.1 Å². The third-order valence-electron chi connectivity index (χ3n) is 3.75. The first-order valence-corrected chi connectivity index (χ1v) is 7.41.